The van der Waals surface area contributed by atoms with Gasteiger partial charge in [-0.05, 0) is 42.8 Å². The number of aliphatic hydroxyl groups excluding tert-OH is 1. The molecule has 0 bridgehead atoms. The number of aromatic nitrogens is 1. The monoisotopic (exact) mass is 463 g/mol. The fraction of sp³-hybridized carbons (Fsp3) is 0.346. The van der Waals surface area contributed by atoms with E-state index in [2.05, 4.69) is 16.5 Å². The number of amides is 1. The Labute approximate surface area is 199 Å². The van der Waals surface area contributed by atoms with E-state index in [1.165, 1.54) is 4.90 Å². The normalized spacial score (nSPS) is 20.5. The number of hydrogen-bond acceptors (Lipinski definition) is 7. The summed E-state index contributed by atoms with van der Waals surface area (Å²) >= 11 is 0. The maximum Gasteiger partial charge on any atom is 0.295 e. The van der Waals surface area contributed by atoms with Gasteiger partial charge >= 0.3 is 0 Å². The number of hydrogen-bond donors (Lipinski definition) is 1. The quantitative estimate of drug-likeness (QED) is 0.265. The fourth-order valence-corrected chi connectivity index (χ4v) is 4.26. The Morgan fingerprint density at radius 2 is 1.91 bits per heavy atom. The molecule has 2 aliphatic rings. The summed E-state index contributed by atoms with van der Waals surface area (Å²) in [7, 11) is 0. The minimum atomic E-state index is -0.748. The van der Waals surface area contributed by atoms with E-state index in [0.29, 0.717) is 49.8 Å². The third-order valence-corrected chi connectivity index (χ3v) is 5.98. The van der Waals surface area contributed by atoms with Crippen molar-refractivity contribution in [2.75, 3.05) is 46.0 Å². The molecule has 1 unspecified atom stereocenters. The molecule has 178 valence electrons. The number of aliphatic hydroxyl groups is 1. The summed E-state index contributed by atoms with van der Waals surface area (Å²) in [6.45, 7) is 8.29. The number of ketones is 1. The van der Waals surface area contributed by atoms with Crippen molar-refractivity contribution in [2.45, 2.75) is 12.5 Å². The first-order chi connectivity index (χ1) is 16.6. The van der Waals surface area contributed by atoms with Crippen molar-refractivity contribution in [3.63, 3.8) is 0 Å². The van der Waals surface area contributed by atoms with Crippen LogP contribution in [0.25, 0.3) is 5.76 Å². The van der Waals surface area contributed by atoms with E-state index in [1.54, 1.807) is 48.7 Å². The van der Waals surface area contributed by atoms with Crippen LogP contribution in [0.2, 0.25) is 0 Å². The van der Waals surface area contributed by atoms with Gasteiger partial charge in [-0.1, -0.05) is 18.7 Å². The second kappa shape index (κ2) is 11.1. The molecule has 0 aliphatic carbocycles. The highest BCUT2D eigenvalue weighted by Gasteiger charge is 2.46. The van der Waals surface area contributed by atoms with Crippen LogP contribution in [0.15, 0.2) is 66.9 Å². The van der Waals surface area contributed by atoms with Gasteiger partial charge in [-0.3, -0.25) is 19.5 Å². The van der Waals surface area contributed by atoms with Crippen LogP contribution in [0, 0.1) is 0 Å². The number of Topliss-reactive ketones (excluding diaryl/α,β-unsaturated/α-hetero) is 1. The number of carbonyl (C=O) groups excluding carboxylic acids is 2. The molecule has 2 fully saturated rings. The summed E-state index contributed by atoms with van der Waals surface area (Å²) in [4.78, 5) is 34.3. The first kappa shape index (κ1) is 23.7. The smallest absolute Gasteiger partial charge is 0.295 e. The van der Waals surface area contributed by atoms with Crippen LogP contribution in [0.1, 0.15) is 23.7 Å². The van der Waals surface area contributed by atoms with Crippen LogP contribution in [0.5, 0.6) is 5.75 Å². The minimum Gasteiger partial charge on any atom is -0.507 e. The lowest BCUT2D eigenvalue weighted by Gasteiger charge is -2.28. The zero-order valence-corrected chi connectivity index (χ0v) is 19.1. The summed E-state index contributed by atoms with van der Waals surface area (Å²) < 4.78 is 10.9. The highest BCUT2D eigenvalue weighted by molar-refractivity contribution is 6.46. The SMILES string of the molecule is C=CCOc1ccc(/C(O)=C2\C(=O)C(=O)N(CCCN3CCOCC3)C2c2ccccn2)cc1. The van der Waals surface area contributed by atoms with E-state index in [0.717, 1.165) is 19.6 Å². The van der Waals surface area contributed by atoms with Gasteiger partial charge in [0.25, 0.3) is 11.7 Å². The van der Waals surface area contributed by atoms with E-state index >= 15 is 0 Å². The lowest BCUT2D eigenvalue weighted by Crippen LogP contribution is -2.39. The molecule has 3 heterocycles. The topological polar surface area (TPSA) is 92.2 Å². The van der Waals surface area contributed by atoms with Crippen molar-refractivity contribution in [2.24, 2.45) is 0 Å². The largest absolute Gasteiger partial charge is 0.507 e. The molecule has 34 heavy (non-hydrogen) atoms. The van der Waals surface area contributed by atoms with Crippen LogP contribution in [0.3, 0.4) is 0 Å². The number of pyridine rings is 1. The Bertz CT molecular complexity index is 1050. The van der Waals surface area contributed by atoms with Gasteiger partial charge < -0.3 is 19.5 Å². The van der Waals surface area contributed by atoms with Crippen LogP contribution in [-0.2, 0) is 14.3 Å². The Hall–Kier alpha value is -3.49. The minimum absolute atomic E-state index is 0.0508. The van der Waals surface area contributed by atoms with Gasteiger partial charge in [0, 0.05) is 37.9 Å². The molecular formula is C26H29N3O5. The van der Waals surface area contributed by atoms with Crippen LogP contribution < -0.4 is 4.74 Å². The molecule has 0 spiro atoms. The van der Waals surface area contributed by atoms with E-state index in [4.69, 9.17) is 9.47 Å². The van der Waals surface area contributed by atoms with E-state index in [9.17, 15) is 14.7 Å². The molecule has 8 heteroatoms. The first-order valence-electron chi connectivity index (χ1n) is 11.4. The number of nitrogens with zero attached hydrogens (tertiary/aromatic N) is 3. The van der Waals surface area contributed by atoms with Gasteiger partial charge in [-0.2, -0.15) is 0 Å². The standard InChI is InChI=1S/C26H29N3O5/c1-2-16-34-20-9-7-19(8-10-20)24(30)22-23(21-6-3-4-11-27-21)29(26(32)25(22)31)13-5-12-28-14-17-33-18-15-28/h2-4,6-11,23,30H,1,5,12-18H2/b24-22+. The molecule has 0 radical (unpaired) electrons. The molecule has 1 amide bonds. The molecule has 0 saturated carbocycles. The Morgan fingerprint density at radius 3 is 2.59 bits per heavy atom. The van der Waals surface area contributed by atoms with Gasteiger partial charge in [0.05, 0.1) is 24.5 Å². The highest BCUT2D eigenvalue weighted by Crippen LogP contribution is 2.38. The zero-order chi connectivity index (χ0) is 23.9. The number of likely N-dealkylation sites (tertiary alicyclic amines) is 1. The average Bonchev–Trinajstić information content (AvgIpc) is 3.13. The Morgan fingerprint density at radius 1 is 1.15 bits per heavy atom. The van der Waals surface area contributed by atoms with Gasteiger partial charge in [0.15, 0.2) is 0 Å². The predicted molar refractivity (Wildman–Crippen MR) is 127 cm³/mol. The van der Waals surface area contributed by atoms with E-state index < -0.39 is 17.7 Å². The Balaban J connectivity index is 1.61. The van der Waals surface area contributed by atoms with Crippen molar-refractivity contribution in [3.05, 3.63) is 78.1 Å². The second-order valence-corrected chi connectivity index (χ2v) is 8.18. The third kappa shape index (κ3) is 5.18. The van der Waals surface area contributed by atoms with Crippen LogP contribution >= 0.6 is 0 Å². The maximum absolute atomic E-state index is 13.1. The molecular weight excluding hydrogens is 434 g/mol. The average molecular weight is 464 g/mol. The molecule has 1 aromatic carbocycles. The molecule has 4 rings (SSSR count). The summed E-state index contributed by atoms with van der Waals surface area (Å²) in [5.74, 6) is -0.933. The number of ether oxygens (including phenoxy) is 2. The van der Waals surface area contributed by atoms with Gasteiger partial charge in [-0.15, -0.1) is 0 Å². The number of rotatable bonds is 9. The third-order valence-electron chi connectivity index (χ3n) is 5.98. The first-order valence-corrected chi connectivity index (χ1v) is 11.4. The Kier molecular flexibility index (Phi) is 7.72. The molecule has 2 aliphatic heterocycles. The lowest BCUT2D eigenvalue weighted by atomic mass is 9.98. The summed E-state index contributed by atoms with van der Waals surface area (Å²) in [5.41, 5.74) is 1.02. The summed E-state index contributed by atoms with van der Waals surface area (Å²) in [6.07, 6.45) is 3.96. The summed E-state index contributed by atoms with van der Waals surface area (Å²) in [6, 6.07) is 11.3. The zero-order valence-electron chi connectivity index (χ0n) is 19.1. The molecule has 1 atom stereocenters. The lowest BCUT2D eigenvalue weighted by molar-refractivity contribution is -0.140. The maximum atomic E-state index is 13.1. The van der Waals surface area contributed by atoms with Crippen LogP contribution in [-0.4, -0.2) is 77.6 Å². The van der Waals surface area contributed by atoms with E-state index in [1.807, 2.05) is 6.07 Å². The van der Waals surface area contributed by atoms with Crippen molar-refractivity contribution in [1.29, 1.82) is 0 Å². The van der Waals surface area contributed by atoms with Crippen molar-refractivity contribution >= 4 is 17.4 Å². The second-order valence-electron chi connectivity index (χ2n) is 8.18. The number of benzene rings is 1. The van der Waals surface area contributed by atoms with Crippen molar-refractivity contribution < 1.29 is 24.2 Å². The molecule has 2 saturated heterocycles. The fourth-order valence-electron chi connectivity index (χ4n) is 4.26. The molecule has 1 N–H and O–H groups in total. The molecule has 2 aromatic rings. The number of morpholine rings is 1. The predicted octanol–water partition coefficient (Wildman–Crippen LogP) is 2.79. The highest BCUT2D eigenvalue weighted by atomic mass is 16.5. The van der Waals surface area contributed by atoms with Crippen molar-refractivity contribution in [3.8, 4) is 5.75 Å². The summed E-state index contributed by atoms with van der Waals surface area (Å²) in [5, 5.41) is 11.1. The molecule has 1 aromatic heterocycles. The molecule has 8 nitrogen and oxygen atoms in total. The van der Waals surface area contributed by atoms with Crippen LogP contribution in [0.4, 0.5) is 0 Å². The van der Waals surface area contributed by atoms with Gasteiger partial charge in [0.2, 0.25) is 0 Å². The van der Waals surface area contributed by atoms with Crippen molar-refractivity contribution in [1.82, 2.24) is 14.8 Å². The number of carbonyl (C=O) groups is 2. The van der Waals surface area contributed by atoms with Gasteiger partial charge in [0.1, 0.15) is 24.2 Å². The van der Waals surface area contributed by atoms with E-state index in [-0.39, 0.29) is 11.3 Å². The van der Waals surface area contributed by atoms with Gasteiger partial charge in [-0.25, -0.2) is 0 Å².